The number of aromatic nitrogens is 2. The molecule has 0 radical (unpaired) electrons. The Hall–Kier alpha value is -1.96. The molecule has 0 bridgehead atoms. The molecule has 0 amide bonds. The van der Waals surface area contributed by atoms with Crippen LogP contribution in [0, 0.1) is 0 Å². The summed E-state index contributed by atoms with van der Waals surface area (Å²) in [5.74, 6) is 0. The number of phosphoric ester groups is 1. The molecule has 0 aliphatic carbocycles. The second kappa shape index (κ2) is 9.49. The largest absolute Gasteiger partial charge is 0.481 e. The summed E-state index contributed by atoms with van der Waals surface area (Å²) in [4.78, 5) is 51.6. The Morgan fingerprint density at radius 2 is 1.66 bits per heavy atom. The highest BCUT2D eigenvalue weighted by Gasteiger charge is 2.45. The number of nitrogens with zero attached hydrogens (tertiary/aromatic N) is 2. The Kier molecular flexibility index (Phi) is 7.32. The first-order chi connectivity index (χ1) is 14.9. The van der Waals surface area contributed by atoms with Crippen LogP contribution in [0.3, 0.4) is 0 Å². The Labute approximate surface area is 179 Å². The standard InChI is InChI=1S/C16H20N2O12P2/c19-12-6-7-17(16(22)18(12)8-10-4-2-1-3-5-10)15-14(21)13(20)11(29-15)9-28-32(26,27)30-31(23,24)25/h1-7,11,13-15,20-21H,8-9H2,(H,26,27)(H2,23,24,25)/t11-,13-,14-,15-/m1/s1. The summed E-state index contributed by atoms with van der Waals surface area (Å²) >= 11 is 0. The minimum absolute atomic E-state index is 0.0648. The molecule has 1 unspecified atom stereocenters. The van der Waals surface area contributed by atoms with Crippen LogP contribution in [0.25, 0.3) is 0 Å². The molecule has 16 heteroatoms. The summed E-state index contributed by atoms with van der Waals surface area (Å²) in [6.07, 6.45) is -5.32. The van der Waals surface area contributed by atoms with E-state index in [0.717, 1.165) is 21.4 Å². The minimum atomic E-state index is -5.35. The second-order valence-electron chi connectivity index (χ2n) is 6.80. The number of phosphoric acid groups is 2. The first-order valence-electron chi connectivity index (χ1n) is 9.00. The average molecular weight is 494 g/mol. The molecule has 176 valence electrons. The summed E-state index contributed by atoms with van der Waals surface area (Å²) in [5.41, 5.74) is -0.803. The van der Waals surface area contributed by atoms with Crippen LogP contribution >= 0.6 is 15.6 Å². The van der Waals surface area contributed by atoms with Crippen molar-refractivity contribution in [3.8, 4) is 0 Å². The molecule has 1 aromatic carbocycles. The van der Waals surface area contributed by atoms with Crippen LogP contribution in [-0.4, -0.2) is 58.9 Å². The van der Waals surface area contributed by atoms with Crippen LogP contribution in [0.1, 0.15) is 11.8 Å². The zero-order valence-corrected chi connectivity index (χ0v) is 17.9. The molecule has 14 nitrogen and oxygen atoms in total. The molecule has 0 spiro atoms. The third-order valence-corrected chi connectivity index (χ3v) is 6.65. The highest BCUT2D eigenvalue weighted by Crippen LogP contribution is 2.57. The van der Waals surface area contributed by atoms with E-state index in [0.29, 0.717) is 5.56 Å². The van der Waals surface area contributed by atoms with Gasteiger partial charge in [0.05, 0.1) is 13.2 Å². The molecule has 1 fully saturated rings. The molecule has 5 N–H and O–H groups in total. The maximum Gasteiger partial charge on any atom is 0.481 e. The molecule has 1 saturated heterocycles. The number of aliphatic hydroxyl groups excluding tert-OH is 2. The van der Waals surface area contributed by atoms with Crippen molar-refractivity contribution in [1.29, 1.82) is 0 Å². The quantitative estimate of drug-likeness (QED) is 0.277. The van der Waals surface area contributed by atoms with Gasteiger partial charge in [-0.25, -0.2) is 13.9 Å². The van der Waals surface area contributed by atoms with Crippen LogP contribution in [-0.2, 0) is 29.2 Å². The molecule has 1 aliphatic rings. The van der Waals surface area contributed by atoms with Gasteiger partial charge in [0.1, 0.15) is 18.3 Å². The molecule has 2 aromatic rings. The van der Waals surface area contributed by atoms with Crippen molar-refractivity contribution < 1.29 is 47.6 Å². The number of hydrogen-bond acceptors (Lipinski definition) is 9. The van der Waals surface area contributed by atoms with Gasteiger partial charge in [-0.15, -0.1) is 0 Å². The van der Waals surface area contributed by atoms with E-state index in [1.54, 1.807) is 30.3 Å². The first-order valence-corrected chi connectivity index (χ1v) is 12.0. The Morgan fingerprint density at radius 1 is 1.00 bits per heavy atom. The predicted molar refractivity (Wildman–Crippen MR) is 105 cm³/mol. The van der Waals surface area contributed by atoms with Gasteiger partial charge in [0.2, 0.25) is 0 Å². The van der Waals surface area contributed by atoms with Crippen LogP contribution in [0.15, 0.2) is 52.2 Å². The average Bonchev–Trinajstić information content (AvgIpc) is 2.97. The van der Waals surface area contributed by atoms with Crippen molar-refractivity contribution in [2.45, 2.75) is 31.1 Å². The van der Waals surface area contributed by atoms with E-state index in [-0.39, 0.29) is 6.54 Å². The lowest BCUT2D eigenvalue weighted by Gasteiger charge is -2.19. The molecular weight excluding hydrogens is 474 g/mol. The first kappa shape index (κ1) is 24.7. The summed E-state index contributed by atoms with van der Waals surface area (Å²) in [5, 5.41) is 20.5. The fourth-order valence-electron chi connectivity index (χ4n) is 3.06. The molecular formula is C16H20N2O12P2. The fraction of sp³-hybridized carbons (Fsp3) is 0.375. The molecule has 1 aromatic heterocycles. The van der Waals surface area contributed by atoms with E-state index in [4.69, 9.17) is 14.5 Å². The lowest BCUT2D eigenvalue weighted by molar-refractivity contribution is -0.0547. The summed E-state index contributed by atoms with van der Waals surface area (Å²) < 4.78 is 37.4. The van der Waals surface area contributed by atoms with E-state index >= 15 is 0 Å². The normalized spacial score (nSPS) is 25.5. The van der Waals surface area contributed by atoms with E-state index in [1.165, 1.54) is 0 Å². The van der Waals surface area contributed by atoms with Crippen molar-refractivity contribution in [3.63, 3.8) is 0 Å². The van der Waals surface area contributed by atoms with E-state index in [2.05, 4.69) is 8.83 Å². The predicted octanol–water partition coefficient (Wildman–Crippen LogP) is -1.10. The monoisotopic (exact) mass is 494 g/mol. The zero-order valence-electron chi connectivity index (χ0n) is 16.1. The van der Waals surface area contributed by atoms with Gasteiger partial charge in [-0.2, -0.15) is 4.31 Å². The van der Waals surface area contributed by atoms with Gasteiger partial charge in [0, 0.05) is 12.3 Å². The Bertz CT molecular complexity index is 1160. The maximum absolute atomic E-state index is 12.8. The topological polar surface area (TPSA) is 207 Å². The van der Waals surface area contributed by atoms with Crippen molar-refractivity contribution in [2.75, 3.05) is 6.61 Å². The molecule has 0 saturated carbocycles. The number of aliphatic hydroxyl groups is 2. The lowest BCUT2D eigenvalue weighted by atomic mass is 10.1. The van der Waals surface area contributed by atoms with Crippen LogP contribution in [0.4, 0.5) is 0 Å². The van der Waals surface area contributed by atoms with Crippen molar-refractivity contribution in [1.82, 2.24) is 9.13 Å². The Balaban J connectivity index is 1.79. The van der Waals surface area contributed by atoms with E-state index in [1.807, 2.05) is 0 Å². The van der Waals surface area contributed by atoms with Gasteiger partial charge >= 0.3 is 21.3 Å². The smallest absolute Gasteiger partial charge is 0.387 e. The molecule has 2 heterocycles. The minimum Gasteiger partial charge on any atom is -0.387 e. The lowest BCUT2D eigenvalue weighted by Crippen LogP contribution is -2.43. The molecule has 32 heavy (non-hydrogen) atoms. The number of ether oxygens (including phenoxy) is 1. The van der Waals surface area contributed by atoms with Gasteiger partial charge in [0.15, 0.2) is 6.23 Å². The third-order valence-electron chi connectivity index (χ3n) is 4.50. The van der Waals surface area contributed by atoms with Crippen molar-refractivity contribution in [3.05, 3.63) is 69.0 Å². The van der Waals surface area contributed by atoms with Gasteiger partial charge in [-0.05, 0) is 5.56 Å². The SMILES string of the molecule is O=c1ccn([C@@H]2O[C@H](COP(=O)(O)OP(=O)(O)O)[C@@H](O)[C@H]2O)c(=O)n1Cc1ccccc1. The fourth-order valence-corrected chi connectivity index (χ4v) is 4.66. The van der Waals surface area contributed by atoms with Gasteiger partial charge in [-0.1, -0.05) is 30.3 Å². The van der Waals surface area contributed by atoms with Crippen LogP contribution in [0.5, 0.6) is 0 Å². The summed E-state index contributed by atoms with van der Waals surface area (Å²) in [7, 11) is -10.6. The third kappa shape index (κ3) is 5.88. The highest BCUT2D eigenvalue weighted by atomic mass is 31.3. The van der Waals surface area contributed by atoms with Gasteiger partial charge in [-0.3, -0.25) is 18.5 Å². The van der Waals surface area contributed by atoms with Gasteiger partial charge < -0.3 is 29.6 Å². The van der Waals surface area contributed by atoms with Crippen LogP contribution in [0.2, 0.25) is 0 Å². The maximum atomic E-state index is 12.8. The van der Waals surface area contributed by atoms with Crippen molar-refractivity contribution in [2.24, 2.45) is 0 Å². The van der Waals surface area contributed by atoms with E-state index < -0.39 is 58.0 Å². The number of hydrogen-bond donors (Lipinski definition) is 5. The number of rotatable bonds is 8. The molecule has 3 rings (SSSR count). The highest BCUT2D eigenvalue weighted by molar-refractivity contribution is 7.60. The molecule has 1 aliphatic heterocycles. The van der Waals surface area contributed by atoms with E-state index in [9.17, 15) is 33.8 Å². The zero-order chi connectivity index (χ0) is 23.7. The summed E-state index contributed by atoms with van der Waals surface area (Å²) in [6, 6.07) is 9.68. The van der Waals surface area contributed by atoms with Gasteiger partial charge in [0.25, 0.3) is 5.56 Å². The van der Waals surface area contributed by atoms with Crippen molar-refractivity contribution >= 4 is 15.6 Å². The summed E-state index contributed by atoms with van der Waals surface area (Å²) in [6.45, 7) is -0.981. The number of benzene rings is 1. The second-order valence-corrected chi connectivity index (χ2v) is 9.63. The van der Waals surface area contributed by atoms with Crippen LogP contribution < -0.4 is 11.2 Å². The molecule has 5 atom stereocenters. The Morgan fingerprint density at radius 3 is 2.28 bits per heavy atom.